The summed E-state index contributed by atoms with van der Waals surface area (Å²) < 4.78 is 4.51. The third kappa shape index (κ3) is 4.44. The standard InChI is InChI=1S/C13H19NO3/c1-10-4-6-11(7-5-10)14(2)9-12(15)8-13(16)17-3/h4-7,12,15H,8-9H2,1-3H3. The fraction of sp³-hybridized carbons (Fsp3) is 0.462. The van der Waals surface area contributed by atoms with E-state index in [-0.39, 0.29) is 6.42 Å². The van der Waals surface area contributed by atoms with Crippen LogP contribution in [-0.4, -0.2) is 37.9 Å². The molecule has 0 heterocycles. The fourth-order valence-corrected chi connectivity index (χ4v) is 1.56. The Labute approximate surface area is 102 Å². The molecule has 0 radical (unpaired) electrons. The lowest BCUT2D eigenvalue weighted by atomic mass is 10.2. The van der Waals surface area contributed by atoms with Gasteiger partial charge in [0.25, 0.3) is 0 Å². The summed E-state index contributed by atoms with van der Waals surface area (Å²) in [5.41, 5.74) is 2.21. The number of aliphatic hydroxyl groups excluding tert-OH is 1. The number of hydrogen-bond acceptors (Lipinski definition) is 4. The number of benzene rings is 1. The second kappa shape index (κ2) is 6.25. The van der Waals surface area contributed by atoms with Gasteiger partial charge >= 0.3 is 5.97 Å². The largest absolute Gasteiger partial charge is 0.469 e. The Balaban J connectivity index is 2.51. The van der Waals surface area contributed by atoms with E-state index in [1.807, 2.05) is 43.1 Å². The van der Waals surface area contributed by atoms with Crippen molar-refractivity contribution in [2.45, 2.75) is 19.4 Å². The number of anilines is 1. The molecule has 0 bridgehead atoms. The summed E-state index contributed by atoms with van der Waals surface area (Å²) in [7, 11) is 3.20. The zero-order valence-electron chi connectivity index (χ0n) is 10.5. The Kier molecular flexibility index (Phi) is 4.97. The van der Waals surface area contributed by atoms with Crippen molar-refractivity contribution in [3.63, 3.8) is 0 Å². The molecule has 4 nitrogen and oxygen atoms in total. The number of rotatable bonds is 5. The van der Waals surface area contributed by atoms with Crippen LogP contribution in [-0.2, 0) is 9.53 Å². The average molecular weight is 237 g/mol. The summed E-state index contributed by atoms with van der Waals surface area (Å²) in [6.07, 6.45) is -0.694. The number of carbonyl (C=O) groups is 1. The van der Waals surface area contributed by atoms with Gasteiger partial charge in [-0.3, -0.25) is 4.79 Å². The van der Waals surface area contributed by atoms with E-state index >= 15 is 0 Å². The minimum absolute atomic E-state index is 0.0205. The first-order valence-electron chi connectivity index (χ1n) is 5.55. The van der Waals surface area contributed by atoms with Crippen LogP contribution in [0.4, 0.5) is 5.69 Å². The van der Waals surface area contributed by atoms with Crippen molar-refractivity contribution < 1.29 is 14.6 Å². The van der Waals surface area contributed by atoms with Gasteiger partial charge in [-0.25, -0.2) is 0 Å². The molecule has 1 rings (SSSR count). The first-order valence-corrected chi connectivity index (χ1v) is 5.55. The van der Waals surface area contributed by atoms with E-state index in [9.17, 15) is 9.90 Å². The zero-order valence-corrected chi connectivity index (χ0v) is 10.5. The molecule has 0 spiro atoms. The monoisotopic (exact) mass is 237 g/mol. The van der Waals surface area contributed by atoms with Crippen LogP contribution in [0.5, 0.6) is 0 Å². The molecule has 1 atom stereocenters. The van der Waals surface area contributed by atoms with Gasteiger partial charge in [0.05, 0.1) is 19.6 Å². The van der Waals surface area contributed by atoms with E-state index < -0.39 is 12.1 Å². The van der Waals surface area contributed by atoms with Gasteiger partial charge in [-0.15, -0.1) is 0 Å². The lowest BCUT2D eigenvalue weighted by Crippen LogP contribution is -2.30. The van der Waals surface area contributed by atoms with Crippen LogP contribution in [0.2, 0.25) is 0 Å². The highest BCUT2D eigenvalue weighted by atomic mass is 16.5. The molecule has 1 unspecified atom stereocenters. The van der Waals surface area contributed by atoms with E-state index in [0.29, 0.717) is 6.54 Å². The molecule has 0 aliphatic carbocycles. The fourth-order valence-electron chi connectivity index (χ4n) is 1.56. The number of ether oxygens (including phenoxy) is 1. The Bertz CT molecular complexity index is 361. The normalized spacial score (nSPS) is 12.0. The molecule has 1 aromatic rings. The minimum atomic E-state index is -0.714. The second-order valence-corrected chi connectivity index (χ2v) is 4.15. The average Bonchev–Trinajstić information content (AvgIpc) is 2.29. The van der Waals surface area contributed by atoms with Crippen LogP contribution < -0.4 is 4.90 Å². The van der Waals surface area contributed by atoms with Gasteiger partial charge in [0.1, 0.15) is 0 Å². The van der Waals surface area contributed by atoms with Crippen molar-refractivity contribution in [1.82, 2.24) is 0 Å². The lowest BCUT2D eigenvalue weighted by Gasteiger charge is -2.22. The molecule has 94 valence electrons. The first-order chi connectivity index (χ1) is 8.02. The van der Waals surface area contributed by atoms with E-state index in [1.54, 1.807) is 0 Å². The topological polar surface area (TPSA) is 49.8 Å². The molecular weight excluding hydrogens is 218 g/mol. The van der Waals surface area contributed by atoms with Crippen LogP contribution in [0.15, 0.2) is 24.3 Å². The van der Waals surface area contributed by atoms with Gasteiger partial charge in [-0.1, -0.05) is 17.7 Å². The van der Waals surface area contributed by atoms with Gasteiger partial charge in [0.2, 0.25) is 0 Å². The summed E-state index contributed by atoms with van der Waals surface area (Å²) in [6.45, 7) is 2.42. The van der Waals surface area contributed by atoms with Gasteiger partial charge in [-0.05, 0) is 19.1 Å². The molecule has 0 aromatic heterocycles. The zero-order chi connectivity index (χ0) is 12.8. The maximum atomic E-state index is 11.0. The number of hydrogen-bond donors (Lipinski definition) is 1. The highest BCUT2D eigenvalue weighted by Crippen LogP contribution is 2.14. The minimum Gasteiger partial charge on any atom is -0.469 e. The van der Waals surface area contributed by atoms with Crippen LogP contribution in [0, 0.1) is 6.92 Å². The van der Waals surface area contributed by atoms with Crippen molar-refractivity contribution >= 4 is 11.7 Å². The van der Waals surface area contributed by atoms with Crippen LogP contribution in [0.25, 0.3) is 0 Å². The van der Waals surface area contributed by atoms with Crippen molar-refractivity contribution in [2.75, 3.05) is 25.6 Å². The molecule has 0 aliphatic rings. The highest BCUT2D eigenvalue weighted by molar-refractivity contribution is 5.69. The number of carbonyl (C=O) groups excluding carboxylic acids is 1. The van der Waals surface area contributed by atoms with E-state index in [4.69, 9.17) is 0 Å². The molecule has 1 N–H and O–H groups in total. The summed E-state index contributed by atoms with van der Waals surface area (Å²) in [4.78, 5) is 12.9. The van der Waals surface area contributed by atoms with E-state index in [1.165, 1.54) is 12.7 Å². The molecule has 0 saturated heterocycles. The quantitative estimate of drug-likeness (QED) is 0.785. The molecular formula is C13H19NO3. The van der Waals surface area contributed by atoms with Gasteiger partial charge in [-0.2, -0.15) is 0 Å². The maximum Gasteiger partial charge on any atom is 0.308 e. The third-order valence-corrected chi connectivity index (χ3v) is 2.59. The van der Waals surface area contributed by atoms with Crippen LogP contribution in [0.1, 0.15) is 12.0 Å². The molecule has 0 saturated carbocycles. The number of esters is 1. The maximum absolute atomic E-state index is 11.0. The Morgan fingerprint density at radius 1 is 1.41 bits per heavy atom. The lowest BCUT2D eigenvalue weighted by molar-refractivity contribution is -0.142. The number of methoxy groups -OCH3 is 1. The first kappa shape index (κ1) is 13.5. The third-order valence-electron chi connectivity index (χ3n) is 2.59. The Morgan fingerprint density at radius 2 is 2.00 bits per heavy atom. The SMILES string of the molecule is COC(=O)CC(O)CN(C)c1ccc(C)cc1. The highest BCUT2D eigenvalue weighted by Gasteiger charge is 2.13. The Morgan fingerprint density at radius 3 is 2.53 bits per heavy atom. The smallest absolute Gasteiger partial charge is 0.308 e. The molecule has 0 aliphatic heterocycles. The van der Waals surface area contributed by atoms with Gasteiger partial charge < -0.3 is 14.7 Å². The van der Waals surface area contributed by atoms with Gasteiger partial charge in [0.15, 0.2) is 0 Å². The molecule has 0 amide bonds. The summed E-state index contributed by atoms with van der Waals surface area (Å²) in [6, 6.07) is 8.00. The van der Waals surface area contributed by atoms with Crippen molar-refractivity contribution in [3.05, 3.63) is 29.8 Å². The summed E-state index contributed by atoms with van der Waals surface area (Å²) >= 11 is 0. The summed E-state index contributed by atoms with van der Waals surface area (Å²) in [5, 5.41) is 9.69. The van der Waals surface area contributed by atoms with Crippen molar-refractivity contribution in [2.24, 2.45) is 0 Å². The number of likely N-dealkylation sites (N-methyl/N-ethyl adjacent to an activating group) is 1. The van der Waals surface area contributed by atoms with Crippen molar-refractivity contribution in [1.29, 1.82) is 0 Å². The van der Waals surface area contributed by atoms with Crippen molar-refractivity contribution in [3.8, 4) is 0 Å². The second-order valence-electron chi connectivity index (χ2n) is 4.15. The number of nitrogens with zero attached hydrogens (tertiary/aromatic N) is 1. The van der Waals surface area contributed by atoms with E-state index in [2.05, 4.69) is 4.74 Å². The molecule has 17 heavy (non-hydrogen) atoms. The molecule has 0 fully saturated rings. The van der Waals surface area contributed by atoms with Gasteiger partial charge in [0, 0.05) is 19.3 Å². The predicted molar refractivity (Wildman–Crippen MR) is 67.1 cm³/mol. The van der Waals surface area contributed by atoms with E-state index in [0.717, 1.165) is 5.69 Å². The molecule has 1 aromatic carbocycles. The Hall–Kier alpha value is -1.55. The summed E-state index contributed by atoms with van der Waals surface area (Å²) in [5.74, 6) is -0.394. The number of aliphatic hydroxyl groups is 1. The van der Waals surface area contributed by atoms with Crippen LogP contribution >= 0.6 is 0 Å². The number of aryl methyl sites for hydroxylation is 1. The molecule has 4 heteroatoms. The van der Waals surface area contributed by atoms with Crippen LogP contribution in [0.3, 0.4) is 0 Å². The predicted octanol–water partition coefficient (Wildman–Crippen LogP) is 1.36.